The number of aryl methyl sites for hydroxylation is 1. The molecule has 0 radical (unpaired) electrons. The van der Waals surface area contributed by atoms with Gasteiger partial charge in [-0.1, -0.05) is 55.8 Å². The molecule has 0 fully saturated rings. The van der Waals surface area contributed by atoms with Gasteiger partial charge < -0.3 is 19.7 Å². The first-order valence-corrected chi connectivity index (χ1v) is 10.8. The summed E-state index contributed by atoms with van der Waals surface area (Å²) in [6, 6.07) is 14.6. The number of methoxy groups -OCH3 is 1. The lowest BCUT2D eigenvalue weighted by Gasteiger charge is -2.31. The Bertz CT molecular complexity index is 851. The molecule has 0 aromatic heterocycles. The molecule has 0 spiro atoms. The molecule has 168 valence electrons. The molecule has 0 aliphatic heterocycles. The van der Waals surface area contributed by atoms with Crippen LogP contribution in [0.1, 0.15) is 44.7 Å². The van der Waals surface area contributed by atoms with Crippen LogP contribution in [-0.2, 0) is 16.1 Å². The Morgan fingerprint density at radius 2 is 1.65 bits per heavy atom. The minimum Gasteiger partial charge on any atom is -0.493 e. The van der Waals surface area contributed by atoms with E-state index in [9.17, 15) is 9.59 Å². The van der Waals surface area contributed by atoms with Crippen LogP contribution in [0.2, 0.25) is 0 Å². The average Bonchev–Trinajstić information content (AvgIpc) is 2.78. The van der Waals surface area contributed by atoms with Gasteiger partial charge in [0.2, 0.25) is 5.91 Å². The van der Waals surface area contributed by atoms with Gasteiger partial charge in [0.15, 0.2) is 18.1 Å². The topological polar surface area (TPSA) is 67.9 Å². The first kappa shape index (κ1) is 24.3. The summed E-state index contributed by atoms with van der Waals surface area (Å²) in [5, 5.41) is 3.01. The lowest BCUT2D eigenvalue weighted by atomic mass is 10.1. The summed E-state index contributed by atoms with van der Waals surface area (Å²) < 4.78 is 11.1. The second-order valence-corrected chi connectivity index (χ2v) is 7.69. The van der Waals surface area contributed by atoms with Crippen molar-refractivity contribution in [2.24, 2.45) is 0 Å². The number of amides is 2. The molecule has 0 bridgehead atoms. The zero-order valence-electron chi connectivity index (χ0n) is 19.2. The number of ether oxygens (including phenoxy) is 2. The molecule has 0 aliphatic rings. The van der Waals surface area contributed by atoms with Gasteiger partial charge in [0.1, 0.15) is 6.04 Å². The van der Waals surface area contributed by atoms with E-state index in [1.807, 2.05) is 64.1 Å². The molecule has 6 heteroatoms. The molecular formula is C25H34N2O4. The van der Waals surface area contributed by atoms with Crippen molar-refractivity contribution in [3.8, 4) is 11.5 Å². The van der Waals surface area contributed by atoms with Crippen LogP contribution >= 0.6 is 0 Å². The number of rotatable bonds is 11. The van der Waals surface area contributed by atoms with Crippen LogP contribution in [0.3, 0.4) is 0 Å². The third-order valence-corrected chi connectivity index (χ3v) is 5.28. The summed E-state index contributed by atoms with van der Waals surface area (Å²) in [7, 11) is 1.56. The SMILES string of the molecule is CCC(C)NC(=O)C(CC)N(Cc1ccc(C)cc1)C(=O)COc1ccccc1OC. The highest BCUT2D eigenvalue weighted by molar-refractivity contribution is 5.88. The maximum absolute atomic E-state index is 13.2. The molecule has 2 aromatic rings. The Kier molecular flexibility index (Phi) is 9.38. The molecule has 2 rings (SSSR count). The van der Waals surface area contributed by atoms with E-state index in [1.165, 1.54) is 0 Å². The van der Waals surface area contributed by atoms with Gasteiger partial charge in [0.25, 0.3) is 5.91 Å². The number of para-hydroxylation sites is 2. The molecule has 1 N–H and O–H groups in total. The molecule has 31 heavy (non-hydrogen) atoms. The maximum Gasteiger partial charge on any atom is 0.261 e. The first-order valence-electron chi connectivity index (χ1n) is 10.8. The van der Waals surface area contributed by atoms with E-state index in [2.05, 4.69) is 5.32 Å². The van der Waals surface area contributed by atoms with E-state index in [1.54, 1.807) is 24.1 Å². The Balaban J connectivity index is 2.23. The van der Waals surface area contributed by atoms with Crippen LogP contribution in [0, 0.1) is 6.92 Å². The summed E-state index contributed by atoms with van der Waals surface area (Å²) in [4.78, 5) is 27.8. The maximum atomic E-state index is 13.2. The Hall–Kier alpha value is -3.02. The number of hydrogen-bond acceptors (Lipinski definition) is 4. The van der Waals surface area contributed by atoms with Gasteiger partial charge in [-0.25, -0.2) is 0 Å². The van der Waals surface area contributed by atoms with Crippen molar-refractivity contribution in [1.82, 2.24) is 10.2 Å². The Morgan fingerprint density at radius 3 is 2.23 bits per heavy atom. The van der Waals surface area contributed by atoms with Crippen molar-refractivity contribution in [3.05, 3.63) is 59.7 Å². The number of hydrogen-bond donors (Lipinski definition) is 1. The van der Waals surface area contributed by atoms with Gasteiger partial charge >= 0.3 is 0 Å². The molecule has 6 nitrogen and oxygen atoms in total. The highest BCUT2D eigenvalue weighted by Crippen LogP contribution is 2.26. The molecule has 2 atom stereocenters. The molecular weight excluding hydrogens is 392 g/mol. The second-order valence-electron chi connectivity index (χ2n) is 7.69. The predicted molar refractivity (Wildman–Crippen MR) is 122 cm³/mol. The summed E-state index contributed by atoms with van der Waals surface area (Å²) in [6.07, 6.45) is 1.33. The molecule has 0 saturated heterocycles. The normalized spacial score (nSPS) is 12.5. The highest BCUT2D eigenvalue weighted by Gasteiger charge is 2.29. The summed E-state index contributed by atoms with van der Waals surface area (Å²) in [6.45, 7) is 8.06. The highest BCUT2D eigenvalue weighted by atomic mass is 16.5. The van der Waals surface area contributed by atoms with Crippen LogP contribution < -0.4 is 14.8 Å². The number of carbonyl (C=O) groups is 2. The van der Waals surface area contributed by atoms with E-state index in [0.717, 1.165) is 17.5 Å². The average molecular weight is 427 g/mol. The number of nitrogens with zero attached hydrogens (tertiary/aromatic N) is 1. The van der Waals surface area contributed by atoms with Crippen LogP contribution in [0.25, 0.3) is 0 Å². The monoisotopic (exact) mass is 426 g/mol. The van der Waals surface area contributed by atoms with Gasteiger partial charge in [-0.15, -0.1) is 0 Å². The number of carbonyl (C=O) groups excluding carboxylic acids is 2. The largest absolute Gasteiger partial charge is 0.493 e. The number of benzene rings is 2. The Morgan fingerprint density at radius 1 is 1.00 bits per heavy atom. The van der Waals surface area contributed by atoms with E-state index in [4.69, 9.17) is 9.47 Å². The van der Waals surface area contributed by atoms with Gasteiger partial charge in [-0.3, -0.25) is 9.59 Å². The van der Waals surface area contributed by atoms with Gasteiger partial charge in [0.05, 0.1) is 7.11 Å². The van der Waals surface area contributed by atoms with Crippen LogP contribution in [0.15, 0.2) is 48.5 Å². The minimum atomic E-state index is -0.580. The molecule has 2 unspecified atom stereocenters. The van der Waals surface area contributed by atoms with Crippen LogP contribution in [-0.4, -0.2) is 42.5 Å². The second kappa shape index (κ2) is 12.0. The first-order chi connectivity index (χ1) is 14.9. The third-order valence-electron chi connectivity index (χ3n) is 5.28. The van der Waals surface area contributed by atoms with Crippen molar-refractivity contribution < 1.29 is 19.1 Å². The smallest absolute Gasteiger partial charge is 0.261 e. The fourth-order valence-electron chi connectivity index (χ4n) is 3.21. The predicted octanol–water partition coefficient (Wildman–Crippen LogP) is 4.10. The summed E-state index contributed by atoms with van der Waals surface area (Å²) >= 11 is 0. The zero-order chi connectivity index (χ0) is 22.8. The number of nitrogens with one attached hydrogen (secondary N) is 1. The van der Waals surface area contributed by atoms with E-state index >= 15 is 0 Å². The van der Waals surface area contributed by atoms with E-state index < -0.39 is 6.04 Å². The van der Waals surface area contributed by atoms with E-state index in [0.29, 0.717) is 24.5 Å². The van der Waals surface area contributed by atoms with E-state index in [-0.39, 0.29) is 24.5 Å². The molecule has 2 amide bonds. The minimum absolute atomic E-state index is 0.0442. The third kappa shape index (κ3) is 7.02. The van der Waals surface area contributed by atoms with Gasteiger partial charge in [-0.2, -0.15) is 0 Å². The van der Waals surface area contributed by atoms with Crippen molar-refractivity contribution in [2.45, 2.75) is 59.2 Å². The zero-order valence-corrected chi connectivity index (χ0v) is 19.2. The van der Waals surface area contributed by atoms with Crippen molar-refractivity contribution in [2.75, 3.05) is 13.7 Å². The molecule has 0 saturated carbocycles. The van der Waals surface area contributed by atoms with Gasteiger partial charge in [-0.05, 0) is 44.4 Å². The lowest BCUT2D eigenvalue weighted by Crippen LogP contribution is -2.51. The molecule has 0 heterocycles. The quantitative estimate of drug-likeness (QED) is 0.587. The molecule has 2 aromatic carbocycles. The summed E-state index contributed by atoms with van der Waals surface area (Å²) in [5.41, 5.74) is 2.11. The van der Waals surface area contributed by atoms with Crippen molar-refractivity contribution >= 4 is 11.8 Å². The lowest BCUT2D eigenvalue weighted by molar-refractivity contribution is -0.143. The Labute approximate surface area is 185 Å². The van der Waals surface area contributed by atoms with Crippen LogP contribution in [0.4, 0.5) is 0 Å². The molecule has 0 aliphatic carbocycles. The van der Waals surface area contributed by atoms with Gasteiger partial charge in [0, 0.05) is 12.6 Å². The fraction of sp³-hybridized carbons (Fsp3) is 0.440. The van der Waals surface area contributed by atoms with Crippen molar-refractivity contribution in [1.29, 1.82) is 0 Å². The summed E-state index contributed by atoms with van der Waals surface area (Å²) in [5.74, 6) is 0.653. The standard InChI is InChI=1S/C25H34N2O4/c1-6-19(4)26-25(29)21(7-2)27(16-20-14-12-18(3)13-15-20)24(28)17-31-23-11-9-8-10-22(23)30-5/h8-15,19,21H,6-7,16-17H2,1-5H3,(H,26,29). The van der Waals surface area contributed by atoms with Crippen LogP contribution in [0.5, 0.6) is 11.5 Å². The van der Waals surface area contributed by atoms with Crippen molar-refractivity contribution in [3.63, 3.8) is 0 Å². The fourth-order valence-corrected chi connectivity index (χ4v) is 3.21.